The van der Waals surface area contributed by atoms with Gasteiger partial charge in [-0.05, 0) is 63.6 Å². The number of amides is 2. The van der Waals surface area contributed by atoms with Crippen LogP contribution >= 0.6 is 11.6 Å². The van der Waals surface area contributed by atoms with Gasteiger partial charge in [-0.1, -0.05) is 60.1 Å². The van der Waals surface area contributed by atoms with E-state index in [1.807, 2.05) is 20.8 Å². The molecule has 0 aliphatic rings. The normalized spacial score (nSPS) is 12.4. The average molecular weight is 572 g/mol. The molecule has 0 aliphatic carbocycles. The second kappa shape index (κ2) is 12.5. The molecule has 3 rings (SSSR count). The number of hydrogen-bond acceptors (Lipinski definition) is 5. The number of halogens is 1. The third kappa shape index (κ3) is 7.52. The van der Waals surface area contributed by atoms with Crippen molar-refractivity contribution in [1.82, 2.24) is 10.2 Å². The first-order chi connectivity index (χ1) is 18.3. The number of ether oxygens (including phenoxy) is 1. The molecule has 1 unspecified atom stereocenters. The molecule has 0 saturated carbocycles. The first-order valence-electron chi connectivity index (χ1n) is 12.4. The van der Waals surface area contributed by atoms with Crippen LogP contribution in [0.1, 0.15) is 33.3 Å². The van der Waals surface area contributed by atoms with Gasteiger partial charge in [0, 0.05) is 17.1 Å². The van der Waals surface area contributed by atoms with E-state index in [0.717, 1.165) is 4.31 Å². The van der Waals surface area contributed by atoms with Crippen LogP contribution in [-0.4, -0.2) is 50.4 Å². The smallest absolute Gasteiger partial charge is 0.264 e. The first kappa shape index (κ1) is 30.0. The SMILES string of the molecule is COc1ccccc1N(CC(=O)N(Cc1ccccc1Cl)C(C)C(=O)NC(C)(C)C)S(=O)(=O)c1ccccc1. The van der Waals surface area contributed by atoms with E-state index in [0.29, 0.717) is 10.6 Å². The van der Waals surface area contributed by atoms with Crippen molar-refractivity contribution in [2.75, 3.05) is 18.0 Å². The van der Waals surface area contributed by atoms with Gasteiger partial charge in [-0.3, -0.25) is 13.9 Å². The van der Waals surface area contributed by atoms with Crippen LogP contribution in [-0.2, 0) is 26.2 Å². The molecule has 3 aromatic carbocycles. The van der Waals surface area contributed by atoms with E-state index in [-0.39, 0.29) is 28.8 Å². The van der Waals surface area contributed by atoms with Gasteiger partial charge in [-0.2, -0.15) is 0 Å². The fraction of sp³-hybridized carbons (Fsp3) is 0.310. The Bertz CT molecular complexity index is 1410. The fourth-order valence-electron chi connectivity index (χ4n) is 3.94. The maximum absolute atomic E-state index is 14.0. The van der Waals surface area contributed by atoms with Crippen LogP contribution in [0.3, 0.4) is 0 Å². The maximum Gasteiger partial charge on any atom is 0.264 e. The van der Waals surface area contributed by atoms with E-state index in [2.05, 4.69) is 5.32 Å². The van der Waals surface area contributed by atoms with Crippen LogP contribution in [0.4, 0.5) is 5.69 Å². The van der Waals surface area contributed by atoms with Crippen LogP contribution in [0, 0.1) is 0 Å². The lowest BCUT2D eigenvalue weighted by atomic mass is 10.1. The van der Waals surface area contributed by atoms with Gasteiger partial charge in [0.1, 0.15) is 18.3 Å². The summed E-state index contributed by atoms with van der Waals surface area (Å²) in [5.41, 5.74) is 0.282. The number of methoxy groups -OCH3 is 1. The fourth-order valence-corrected chi connectivity index (χ4v) is 5.58. The lowest BCUT2D eigenvalue weighted by molar-refractivity contribution is -0.140. The molecule has 0 aromatic heterocycles. The van der Waals surface area contributed by atoms with Gasteiger partial charge in [-0.25, -0.2) is 8.42 Å². The molecule has 10 heteroatoms. The van der Waals surface area contributed by atoms with Crippen LogP contribution in [0.5, 0.6) is 5.75 Å². The summed E-state index contributed by atoms with van der Waals surface area (Å²) in [5.74, 6) is -0.685. The Morgan fingerprint density at radius 1 is 0.949 bits per heavy atom. The minimum atomic E-state index is -4.19. The number of carbonyl (C=O) groups excluding carboxylic acids is 2. The molecule has 39 heavy (non-hydrogen) atoms. The summed E-state index contributed by atoms with van der Waals surface area (Å²) in [5, 5.41) is 3.32. The molecular formula is C29H34ClN3O5S. The summed E-state index contributed by atoms with van der Waals surface area (Å²) < 4.78 is 34.2. The first-order valence-corrected chi connectivity index (χ1v) is 14.2. The summed E-state index contributed by atoms with van der Waals surface area (Å²) in [4.78, 5) is 28.5. The van der Waals surface area contributed by atoms with Gasteiger partial charge in [0.25, 0.3) is 10.0 Å². The standard InChI is InChI=1S/C29H34ClN3O5S/c1-21(28(35)31-29(2,3)4)32(19-22-13-9-10-16-24(22)30)27(34)20-33(25-17-11-12-18-26(25)38-5)39(36,37)23-14-7-6-8-15-23/h6-18,21H,19-20H2,1-5H3,(H,31,35). The molecule has 8 nitrogen and oxygen atoms in total. The quantitative estimate of drug-likeness (QED) is 0.374. The third-order valence-corrected chi connectivity index (χ3v) is 8.07. The van der Waals surface area contributed by atoms with Crippen LogP contribution < -0.4 is 14.4 Å². The highest BCUT2D eigenvalue weighted by Gasteiger charge is 2.34. The maximum atomic E-state index is 14.0. The Kier molecular flexibility index (Phi) is 9.63. The number of hydrogen-bond donors (Lipinski definition) is 1. The molecule has 0 radical (unpaired) electrons. The second-order valence-electron chi connectivity index (χ2n) is 10.0. The minimum absolute atomic E-state index is 0.00237. The van der Waals surface area contributed by atoms with E-state index < -0.39 is 34.1 Å². The second-order valence-corrected chi connectivity index (χ2v) is 12.3. The van der Waals surface area contributed by atoms with Crippen LogP contribution in [0.15, 0.2) is 83.8 Å². The molecule has 3 aromatic rings. The Labute approximate surface area is 235 Å². The Hall–Kier alpha value is -3.56. The van der Waals surface area contributed by atoms with E-state index in [9.17, 15) is 18.0 Å². The molecule has 1 N–H and O–H groups in total. The van der Waals surface area contributed by atoms with Gasteiger partial charge < -0.3 is 15.0 Å². The van der Waals surface area contributed by atoms with Crippen molar-refractivity contribution < 1.29 is 22.7 Å². The monoisotopic (exact) mass is 571 g/mol. The van der Waals surface area contributed by atoms with Gasteiger partial charge in [0.05, 0.1) is 17.7 Å². The highest BCUT2D eigenvalue weighted by molar-refractivity contribution is 7.92. The third-order valence-electron chi connectivity index (χ3n) is 5.93. The highest BCUT2D eigenvalue weighted by Crippen LogP contribution is 2.32. The predicted molar refractivity (Wildman–Crippen MR) is 153 cm³/mol. The number of benzene rings is 3. The molecule has 1 atom stereocenters. The van der Waals surface area contributed by atoms with Gasteiger partial charge in [0.15, 0.2) is 0 Å². The number of anilines is 1. The molecule has 2 amide bonds. The molecule has 0 bridgehead atoms. The Morgan fingerprint density at radius 3 is 2.15 bits per heavy atom. The number of nitrogens with zero attached hydrogens (tertiary/aromatic N) is 2. The van der Waals surface area contributed by atoms with Crippen molar-refractivity contribution in [3.05, 3.63) is 89.4 Å². The van der Waals surface area contributed by atoms with Gasteiger partial charge in [-0.15, -0.1) is 0 Å². The molecule has 0 fully saturated rings. The summed E-state index contributed by atoms with van der Waals surface area (Å²) in [6.07, 6.45) is 0. The summed E-state index contributed by atoms with van der Waals surface area (Å²) >= 11 is 6.40. The number of carbonyl (C=O) groups is 2. The van der Waals surface area contributed by atoms with Crippen LogP contribution in [0.2, 0.25) is 5.02 Å². The van der Waals surface area contributed by atoms with Gasteiger partial charge >= 0.3 is 0 Å². The van der Waals surface area contributed by atoms with E-state index in [4.69, 9.17) is 16.3 Å². The minimum Gasteiger partial charge on any atom is -0.495 e. The largest absolute Gasteiger partial charge is 0.495 e. The van der Waals surface area contributed by atoms with Crippen molar-refractivity contribution in [1.29, 1.82) is 0 Å². The lowest BCUT2D eigenvalue weighted by Crippen LogP contribution is -2.54. The zero-order chi connectivity index (χ0) is 28.8. The Balaban J connectivity index is 2.08. The Morgan fingerprint density at radius 2 is 1.54 bits per heavy atom. The number of nitrogens with one attached hydrogen (secondary N) is 1. The molecular weight excluding hydrogens is 538 g/mol. The van der Waals surface area contributed by atoms with Crippen molar-refractivity contribution >= 4 is 39.1 Å². The van der Waals surface area contributed by atoms with E-state index >= 15 is 0 Å². The molecule has 0 saturated heterocycles. The molecule has 0 aliphatic heterocycles. The van der Waals surface area contributed by atoms with Gasteiger partial charge in [0.2, 0.25) is 11.8 Å². The zero-order valence-corrected chi connectivity index (χ0v) is 24.3. The zero-order valence-electron chi connectivity index (χ0n) is 22.7. The van der Waals surface area contributed by atoms with Crippen molar-refractivity contribution in [3.63, 3.8) is 0 Å². The number of sulfonamides is 1. The summed E-state index contributed by atoms with van der Waals surface area (Å²) in [7, 11) is -2.76. The van der Waals surface area contributed by atoms with Crippen molar-refractivity contribution in [3.8, 4) is 5.75 Å². The molecule has 0 heterocycles. The summed E-state index contributed by atoms with van der Waals surface area (Å²) in [6.45, 7) is 6.56. The van der Waals surface area contributed by atoms with Crippen molar-refractivity contribution in [2.24, 2.45) is 0 Å². The van der Waals surface area contributed by atoms with Crippen LogP contribution in [0.25, 0.3) is 0 Å². The molecule has 0 spiro atoms. The summed E-state index contributed by atoms with van der Waals surface area (Å²) in [6, 6.07) is 20.5. The number of para-hydroxylation sites is 2. The van der Waals surface area contributed by atoms with E-state index in [1.165, 1.54) is 24.1 Å². The molecule has 208 valence electrons. The topological polar surface area (TPSA) is 96.0 Å². The predicted octanol–water partition coefficient (Wildman–Crippen LogP) is 4.88. The highest BCUT2D eigenvalue weighted by atomic mass is 35.5. The van der Waals surface area contributed by atoms with E-state index in [1.54, 1.807) is 73.7 Å². The average Bonchev–Trinajstić information content (AvgIpc) is 2.90. The number of rotatable bonds is 10. The lowest BCUT2D eigenvalue weighted by Gasteiger charge is -2.34. The van der Waals surface area contributed by atoms with Crippen molar-refractivity contribution in [2.45, 2.75) is 50.7 Å².